The fourth-order valence-corrected chi connectivity index (χ4v) is 1.78. The van der Waals surface area contributed by atoms with Crippen LogP contribution in [0.2, 0.25) is 5.02 Å². The van der Waals surface area contributed by atoms with Crippen molar-refractivity contribution in [2.45, 2.75) is 31.9 Å². The zero-order valence-electron chi connectivity index (χ0n) is 10.3. The van der Waals surface area contributed by atoms with Crippen LogP contribution in [0.1, 0.15) is 19.4 Å². The van der Waals surface area contributed by atoms with Crippen molar-refractivity contribution >= 4 is 11.6 Å². The van der Waals surface area contributed by atoms with Crippen LogP contribution in [0.5, 0.6) is 0 Å². The summed E-state index contributed by atoms with van der Waals surface area (Å²) in [5.74, 6) is 5.08. The largest absolute Gasteiger partial charge is 0.377 e. The van der Waals surface area contributed by atoms with Crippen LogP contribution in [-0.4, -0.2) is 18.8 Å². The second-order valence-corrected chi connectivity index (χ2v) is 4.82. The van der Waals surface area contributed by atoms with E-state index in [-0.39, 0.29) is 11.1 Å². The summed E-state index contributed by atoms with van der Waals surface area (Å²) in [5, 5.41) is 0.139. The van der Waals surface area contributed by atoms with E-state index in [2.05, 4.69) is 5.43 Å². The molecule has 96 valence electrons. The molecule has 17 heavy (non-hydrogen) atoms. The number of hydrogen-bond acceptors (Lipinski definition) is 3. The van der Waals surface area contributed by atoms with Gasteiger partial charge in [0.2, 0.25) is 0 Å². The maximum absolute atomic E-state index is 13.3. The minimum absolute atomic E-state index is 0.139. The molecule has 0 aliphatic carbocycles. The van der Waals surface area contributed by atoms with Crippen LogP contribution in [0, 0.1) is 5.82 Å². The van der Waals surface area contributed by atoms with E-state index in [1.54, 1.807) is 19.2 Å². The average molecular weight is 261 g/mol. The number of rotatable bonds is 5. The van der Waals surface area contributed by atoms with E-state index in [1.807, 2.05) is 13.8 Å². The van der Waals surface area contributed by atoms with Crippen molar-refractivity contribution in [3.05, 3.63) is 34.6 Å². The van der Waals surface area contributed by atoms with Crippen LogP contribution in [0.4, 0.5) is 4.39 Å². The van der Waals surface area contributed by atoms with Gasteiger partial charge in [-0.15, -0.1) is 0 Å². The van der Waals surface area contributed by atoms with E-state index in [9.17, 15) is 4.39 Å². The second-order valence-electron chi connectivity index (χ2n) is 4.44. The molecule has 0 aromatic heterocycles. The van der Waals surface area contributed by atoms with Gasteiger partial charge in [-0.05, 0) is 31.9 Å². The molecule has 0 spiro atoms. The summed E-state index contributed by atoms with van der Waals surface area (Å²) in [4.78, 5) is 0. The maximum atomic E-state index is 13.3. The topological polar surface area (TPSA) is 47.3 Å². The lowest BCUT2D eigenvalue weighted by molar-refractivity contribution is -0.0101. The predicted octanol–water partition coefficient (Wildman–Crippen LogP) is 2.28. The highest BCUT2D eigenvalue weighted by Crippen LogP contribution is 2.24. The number of benzene rings is 1. The third-order valence-corrected chi connectivity index (χ3v) is 3.45. The molecule has 0 heterocycles. The first kappa shape index (κ1) is 14.4. The highest BCUT2D eigenvalue weighted by molar-refractivity contribution is 6.31. The Labute approximate surface area is 106 Å². The van der Waals surface area contributed by atoms with Crippen molar-refractivity contribution in [2.75, 3.05) is 7.11 Å². The van der Waals surface area contributed by atoms with E-state index in [1.165, 1.54) is 6.07 Å². The lowest BCUT2D eigenvalue weighted by Gasteiger charge is -2.32. The molecule has 1 aromatic rings. The number of ether oxygens (including phenoxy) is 1. The third-order valence-electron chi connectivity index (χ3n) is 3.02. The number of halogens is 2. The van der Waals surface area contributed by atoms with Crippen molar-refractivity contribution in [3.8, 4) is 0 Å². The van der Waals surface area contributed by atoms with E-state index in [0.717, 1.165) is 0 Å². The first-order valence-electron chi connectivity index (χ1n) is 5.36. The number of hydrogen-bond donors (Lipinski definition) is 2. The van der Waals surface area contributed by atoms with Crippen LogP contribution in [0.15, 0.2) is 18.2 Å². The SMILES string of the molecule is COC(C)(C)C(Cc1cccc(F)c1Cl)NN. The predicted molar refractivity (Wildman–Crippen MR) is 67.3 cm³/mol. The van der Waals surface area contributed by atoms with Crippen LogP contribution >= 0.6 is 11.6 Å². The van der Waals surface area contributed by atoms with Gasteiger partial charge in [-0.3, -0.25) is 11.3 Å². The quantitative estimate of drug-likeness (QED) is 0.631. The fraction of sp³-hybridized carbons (Fsp3) is 0.500. The first-order valence-corrected chi connectivity index (χ1v) is 5.74. The molecule has 1 rings (SSSR count). The lowest BCUT2D eigenvalue weighted by atomic mass is 9.92. The van der Waals surface area contributed by atoms with E-state index >= 15 is 0 Å². The molecule has 0 saturated heterocycles. The molecule has 3 nitrogen and oxygen atoms in total. The fourth-order valence-electron chi connectivity index (χ4n) is 1.57. The van der Waals surface area contributed by atoms with E-state index in [4.69, 9.17) is 22.2 Å². The molecule has 3 N–H and O–H groups in total. The van der Waals surface area contributed by atoms with Crippen molar-refractivity contribution in [2.24, 2.45) is 5.84 Å². The Morgan fingerprint density at radius 1 is 1.53 bits per heavy atom. The molecular formula is C12H18ClFN2O. The highest BCUT2D eigenvalue weighted by Gasteiger charge is 2.29. The summed E-state index contributed by atoms with van der Waals surface area (Å²) in [6.07, 6.45) is 0.494. The summed E-state index contributed by atoms with van der Waals surface area (Å²) < 4.78 is 18.7. The Morgan fingerprint density at radius 3 is 2.71 bits per heavy atom. The molecule has 1 atom stereocenters. The monoisotopic (exact) mass is 260 g/mol. The summed E-state index contributed by atoms with van der Waals surface area (Å²) in [6, 6.07) is 4.58. The number of methoxy groups -OCH3 is 1. The van der Waals surface area contributed by atoms with Gasteiger partial charge in [0, 0.05) is 7.11 Å². The molecule has 0 fully saturated rings. The van der Waals surface area contributed by atoms with Gasteiger partial charge in [-0.25, -0.2) is 4.39 Å². The minimum atomic E-state index is -0.468. The highest BCUT2D eigenvalue weighted by atomic mass is 35.5. The molecule has 0 bridgehead atoms. The van der Waals surface area contributed by atoms with Gasteiger partial charge >= 0.3 is 0 Å². The Balaban J connectivity index is 2.92. The Hall–Kier alpha value is -0.680. The normalized spacial score (nSPS) is 13.8. The minimum Gasteiger partial charge on any atom is -0.377 e. The van der Waals surface area contributed by atoms with Gasteiger partial charge in [0.15, 0.2) is 0 Å². The van der Waals surface area contributed by atoms with E-state index < -0.39 is 11.4 Å². The molecule has 0 saturated carbocycles. The van der Waals surface area contributed by atoms with Crippen LogP contribution in [0.25, 0.3) is 0 Å². The smallest absolute Gasteiger partial charge is 0.142 e. The first-order chi connectivity index (χ1) is 7.92. The lowest BCUT2D eigenvalue weighted by Crippen LogP contribution is -2.52. The third kappa shape index (κ3) is 3.39. The Morgan fingerprint density at radius 2 is 2.18 bits per heavy atom. The van der Waals surface area contributed by atoms with Crippen molar-refractivity contribution in [1.29, 1.82) is 0 Å². The zero-order valence-corrected chi connectivity index (χ0v) is 11.0. The summed E-state index contributed by atoms with van der Waals surface area (Å²) in [5.41, 5.74) is 2.92. The molecule has 0 radical (unpaired) electrons. The number of nitrogens with two attached hydrogens (primary N) is 1. The van der Waals surface area contributed by atoms with Gasteiger partial charge in [0.1, 0.15) is 5.82 Å². The van der Waals surface area contributed by atoms with Gasteiger partial charge in [-0.2, -0.15) is 0 Å². The van der Waals surface area contributed by atoms with Crippen molar-refractivity contribution < 1.29 is 9.13 Å². The van der Waals surface area contributed by atoms with Gasteiger partial charge < -0.3 is 4.74 Å². The second kappa shape index (κ2) is 5.78. The Kier molecular flexibility index (Phi) is 4.89. The molecule has 0 amide bonds. The summed E-state index contributed by atoms with van der Waals surface area (Å²) in [6.45, 7) is 3.81. The molecular weight excluding hydrogens is 243 g/mol. The molecule has 5 heteroatoms. The molecule has 1 unspecified atom stereocenters. The van der Waals surface area contributed by atoms with Crippen LogP contribution < -0.4 is 11.3 Å². The van der Waals surface area contributed by atoms with Gasteiger partial charge in [-0.1, -0.05) is 23.7 Å². The van der Waals surface area contributed by atoms with Gasteiger partial charge in [0.05, 0.1) is 16.7 Å². The van der Waals surface area contributed by atoms with Crippen molar-refractivity contribution in [1.82, 2.24) is 5.43 Å². The van der Waals surface area contributed by atoms with E-state index in [0.29, 0.717) is 12.0 Å². The number of nitrogens with one attached hydrogen (secondary N) is 1. The van der Waals surface area contributed by atoms with Gasteiger partial charge in [0.25, 0.3) is 0 Å². The van der Waals surface area contributed by atoms with Crippen LogP contribution in [0.3, 0.4) is 0 Å². The number of hydrazine groups is 1. The molecule has 0 aliphatic heterocycles. The zero-order chi connectivity index (χ0) is 13.1. The average Bonchev–Trinajstić information content (AvgIpc) is 2.30. The maximum Gasteiger partial charge on any atom is 0.142 e. The summed E-state index contributed by atoms with van der Waals surface area (Å²) in [7, 11) is 1.61. The standard InChI is InChI=1S/C12H18ClFN2O/c1-12(2,17-3)10(16-15)7-8-5-4-6-9(14)11(8)13/h4-6,10,16H,7,15H2,1-3H3. The van der Waals surface area contributed by atoms with Crippen LogP contribution in [-0.2, 0) is 11.2 Å². The summed E-state index contributed by atoms with van der Waals surface area (Å²) >= 11 is 5.90. The molecule has 0 aliphatic rings. The Bertz CT molecular complexity index is 385. The van der Waals surface area contributed by atoms with Crippen molar-refractivity contribution in [3.63, 3.8) is 0 Å². The molecule has 1 aromatic carbocycles.